The molecule has 0 aromatic heterocycles. The van der Waals surface area contributed by atoms with E-state index >= 15 is 0 Å². The molecule has 2 aromatic carbocycles. The summed E-state index contributed by atoms with van der Waals surface area (Å²) in [6.45, 7) is 2.42. The van der Waals surface area contributed by atoms with Gasteiger partial charge in [-0.15, -0.1) is 0 Å². The van der Waals surface area contributed by atoms with Crippen LogP contribution in [0.2, 0.25) is 0 Å². The molecule has 2 aromatic rings. The van der Waals surface area contributed by atoms with Crippen LogP contribution in [-0.2, 0) is 20.0 Å². The Balaban J connectivity index is 1.69. The van der Waals surface area contributed by atoms with Gasteiger partial charge in [0.25, 0.3) is 0 Å². The Morgan fingerprint density at radius 1 is 0.966 bits per heavy atom. The molecule has 1 aliphatic rings. The molecule has 1 atom stereocenters. The minimum Gasteiger partial charge on any atom is -0.211 e. The average molecular weight is 441 g/mol. The summed E-state index contributed by atoms with van der Waals surface area (Å²) in [7, 11) is -7.41. The fourth-order valence-corrected chi connectivity index (χ4v) is 6.25. The average Bonchev–Trinajstić information content (AvgIpc) is 2.69. The summed E-state index contributed by atoms with van der Waals surface area (Å²) in [6, 6.07) is 11.0. The van der Waals surface area contributed by atoms with Crippen molar-refractivity contribution in [3.05, 3.63) is 59.9 Å². The van der Waals surface area contributed by atoms with Gasteiger partial charge in [-0.2, -0.15) is 4.31 Å². The number of nitrogens with one attached hydrogen (secondary N) is 1. The lowest BCUT2D eigenvalue weighted by atomic mass is 10.0. The van der Waals surface area contributed by atoms with Crippen LogP contribution in [0.4, 0.5) is 4.39 Å². The molecule has 1 heterocycles. The van der Waals surface area contributed by atoms with Crippen LogP contribution in [0.1, 0.15) is 31.2 Å². The maximum atomic E-state index is 13.1. The number of benzene rings is 2. The first-order chi connectivity index (χ1) is 13.7. The van der Waals surface area contributed by atoms with E-state index in [1.54, 1.807) is 24.3 Å². The van der Waals surface area contributed by atoms with Crippen LogP contribution in [0, 0.1) is 12.7 Å². The van der Waals surface area contributed by atoms with Gasteiger partial charge in [-0.1, -0.05) is 24.1 Å². The number of aryl methyl sites for hydroxylation is 1. The van der Waals surface area contributed by atoms with Gasteiger partial charge in [0.05, 0.1) is 9.79 Å². The van der Waals surface area contributed by atoms with Crippen molar-refractivity contribution in [2.75, 3.05) is 13.1 Å². The van der Waals surface area contributed by atoms with E-state index in [0.717, 1.165) is 30.5 Å². The molecule has 3 rings (SSSR count). The Hall–Kier alpha value is -1.81. The van der Waals surface area contributed by atoms with Crippen molar-refractivity contribution in [1.29, 1.82) is 0 Å². The molecule has 9 heteroatoms. The summed E-state index contributed by atoms with van der Waals surface area (Å²) in [5.74, 6) is -0.511. The number of piperidine rings is 1. The molecule has 29 heavy (non-hydrogen) atoms. The number of halogens is 1. The molecule has 0 aliphatic carbocycles. The van der Waals surface area contributed by atoms with Crippen LogP contribution in [0.3, 0.4) is 0 Å². The molecule has 1 saturated heterocycles. The Morgan fingerprint density at radius 3 is 2.24 bits per heavy atom. The molecule has 0 bridgehead atoms. The molecular weight excluding hydrogens is 415 g/mol. The lowest BCUT2D eigenvalue weighted by Crippen LogP contribution is -2.45. The van der Waals surface area contributed by atoms with Crippen molar-refractivity contribution < 1.29 is 21.2 Å². The van der Waals surface area contributed by atoms with Crippen LogP contribution < -0.4 is 4.72 Å². The Morgan fingerprint density at radius 2 is 1.59 bits per heavy atom. The van der Waals surface area contributed by atoms with E-state index in [0.29, 0.717) is 19.4 Å². The maximum absolute atomic E-state index is 13.1. The highest BCUT2D eigenvalue weighted by molar-refractivity contribution is 7.89. The molecule has 1 unspecified atom stereocenters. The first-order valence-electron chi connectivity index (χ1n) is 9.54. The Bertz CT molecular complexity index is 1040. The lowest BCUT2D eigenvalue weighted by Gasteiger charge is -2.34. The first-order valence-corrected chi connectivity index (χ1v) is 12.5. The largest absolute Gasteiger partial charge is 0.243 e. The highest BCUT2D eigenvalue weighted by Gasteiger charge is 2.33. The van der Waals surface area contributed by atoms with E-state index < -0.39 is 25.9 Å². The second kappa shape index (κ2) is 8.91. The van der Waals surface area contributed by atoms with Crippen molar-refractivity contribution in [3.8, 4) is 0 Å². The minimum atomic E-state index is -3.77. The second-order valence-electron chi connectivity index (χ2n) is 7.22. The van der Waals surface area contributed by atoms with Gasteiger partial charge in [0.1, 0.15) is 5.82 Å². The van der Waals surface area contributed by atoms with Crippen LogP contribution in [0.25, 0.3) is 0 Å². The number of hydrogen-bond donors (Lipinski definition) is 1. The molecule has 0 saturated carbocycles. The van der Waals surface area contributed by atoms with Gasteiger partial charge in [-0.25, -0.2) is 25.9 Å². The van der Waals surface area contributed by atoms with Crippen molar-refractivity contribution in [1.82, 2.24) is 9.03 Å². The lowest BCUT2D eigenvalue weighted by molar-refractivity contribution is 0.242. The van der Waals surface area contributed by atoms with Gasteiger partial charge >= 0.3 is 0 Å². The summed E-state index contributed by atoms with van der Waals surface area (Å²) in [5, 5.41) is 0. The van der Waals surface area contributed by atoms with E-state index in [9.17, 15) is 21.2 Å². The molecular formula is C20H25FN2O4S2. The molecule has 0 spiro atoms. The Labute approximate surface area is 171 Å². The summed E-state index contributed by atoms with van der Waals surface area (Å²) in [6.07, 6.45) is 2.73. The summed E-state index contributed by atoms with van der Waals surface area (Å²) in [5.41, 5.74) is 0.981. The van der Waals surface area contributed by atoms with E-state index in [1.807, 2.05) is 6.92 Å². The van der Waals surface area contributed by atoms with Crippen molar-refractivity contribution >= 4 is 20.0 Å². The highest BCUT2D eigenvalue weighted by Crippen LogP contribution is 2.27. The maximum Gasteiger partial charge on any atom is 0.243 e. The van der Waals surface area contributed by atoms with Gasteiger partial charge in [0, 0.05) is 19.1 Å². The zero-order chi connectivity index (χ0) is 21.1. The molecule has 6 nitrogen and oxygen atoms in total. The van der Waals surface area contributed by atoms with E-state index in [-0.39, 0.29) is 22.4 Å². The van der Waals surface area contributed by atoms with Crippen molar-refractivity contribution in [2.45, 2.75) is 48.4 Å². The van der Waals surface area contributed by atoms with E-state index in [4.69, 9.17) is 0 Å². The first kappa shape index (κ1) is 21.9. The summed E-state index contributed by atoms with van der Waals surface area (Å²) in [4.78, 5) is 0.230. The van der Waals surface area contributed by atoms with Crippen molar-refractivity contribution in [3.63, 3.8) is 0 Å². The number of rotatable bonds is 7. The molecule has 1 fully saturated rings. The third-order valence-corrected chi connectivity index (χ3v) is 8.54. The van der Waals surface area contributed by atoms with Crippen molar-refractivity contribution in [2.24, 2.45) is 0 Å². The van der Waals surface area contributed by atoms with E-state index in [2.05, 4.69) is 4.72 Å². The minimum absolute atomic E-state index is 0.0216. The van der Waals surface area contributed by atoms with Gasteiger partial charge in [0.15, 0.2) is 0 Å². The topological polar surface area (TPSA) is 83.6 Å². The number of hydrogen-bond acceptors (Lipinski definition) is 4. The monoisotopic (exact) mass is 440 g/mol. The summed E-state index contributed by atoms with van der Waals surface area (Å²) < 4.78 is 67.8. The molecule has 0 radical (unpaired) electrons. The molecule has 1 N–H and O–H groups in total. The number of nitrogens with zero attached hydrogens (tertiary/aromatic N) is 1. The number of sulfonamides is 2. The quantitative estimate of drug-likeness (QED) is 0.717. The standard InChI is InChI=1S/C20H25FN2O4S2/c1-16-5-9-20(10-6-16)29(26,27)23-15-3-2-4-18(23)13-14-22-28(24,25)19-11-7-17(21)8-12-19/h5-12,18,22H,2-4,13-15H2,1H3. The Kier molecular flexibility index (Phi) is 6.72. The summed E-state index contributed by atoms with van der Waals surface area (Å²) >= 11 is 0. The highest BCUT2D eigenvalue weighted by atomic mass is 32.2. The van der Waals surface area contributed by atoms with Crippen LogP contribution in [-0.4, -0.2) is 40.3 Å². The predicted octanol–water partition coefficient (Wildman–Crippen LogP) is 3.05. The smallest absolute Gasteiger partial charge is 0.211 e. The predicted molar refractivity (Wildman–Crippen MR) is 109 cm³/mol. The van der Waals surface area contributed by atoms with Crippen LogP contribution >= 0.6 is 0 Å². The fraction of sp³-hybridized carbons (Fsp3) is 0.400. The normalized spacial score (nSPS) is 18.6. The van der Waals surface area contributed by atoms with Gasteiger partial charge in [0.2, 0.25) is 20.0 Å². The molecule has 158 valence electrons. The fourth-order valence-electron chi connectivity index (χ4n) is 3.48. The van der Waals surface area contributed by atoms with E-state index in [1.165, 1.54) is 16.4 Å². The van der Waals surface area contributed by atoms with Crippen LogP contribution in [0.15, 0.2) is 58.3 Å². The van der Waals surface area contributed by atoms with Gasteiger partial charge in [-0.05, 0) is 62.6 Å². The SMILES string of the molecule is Cc1ccc(S(=O)(=O)N2CCCCC2CCNS(=O)(=O)c2ccc(F)cc2)cc1. The van der Waals surface area contributed by atoms with Gasteiger partial charge in [-0.3, -0.25) is 0 Å². The second-order valence-corrected chi connectivity index (χ2v) is 10.9. The zero-order valence-electron chi connectivity index (χ0n) is 16.2. The molecule has 1 aliphatic heterocycles. The molecule has 0 amide bonds. The van der Waals surface area contributed by atoms with Crippen LogP contribution in [0.5, 0.6) is 0 Å². The van der Waals surface area contributed by atoms with Gasteiger partial charge < -0.3 is 0 Å². The third-order valence-electron chi connectivity index (χ3n) is 5.09. The third kappa shape index (κ3) is 5.22. The zero-order valence-corrected chi connectivity index (χ0v) is 17.8.